The minimum absolute atomic E-state index is 0.121. The maximum atomic E-state index is 12.1. The highest BCUT2D eigenvalue weighted by molar-refractivity contribution is 5.48. The van der Waals surface area contributed by atoms with Crippen LogP contribution in [0.1, 0.15) is 22.7 Å². The number of nitrogens with two attached hydrogens (primary N) is 1. The Labute approximate surface area is 121 Å². The van der Waals surface area contributed by atoms with Gasteiger partial charge in [0.15, 0.2) is 0 Å². The highest BCUT2D eigenvalue weighted by Gasteiger charge is 2.20. The van der Waals surface area contributed by atoms with Crippen LogP contribution in [0.2, 0.25) is 0 Å². The Morgan fingerprint density at radius 2 is 1.86 bits per heavy atom. The summed E-state index contributed by atoms with van der Waals surface area (Å²) in [7, 11) is 0. The summed E-state index contributed by atoms with van der Waals surface area (Å²) in [6.45, 7) is -2.16. The second kappa shape index (κ2) is 5.69. The highest BCUT2D eigenvalue weighted by Crippen LogP contribution is 2.35. The van der Waals surface area contributed by atoms with Crippen molar-refractivity contribution in [3.63, 3.8) is 0 Å². The van der Waals surface area contributed by atoms with Gasteiger partial charge in [0.1, 0.15) is 11.5 Å². The van der Waals surface area contributed by atoms with Crippen LogP contribution in [0.15, 0.2) is 42.5 Å². The molecule has 110 valence electrons. The van der Waals surface area contributed by atoms with Crippen LogP contribution in [-0.4, -0.2) is 13.2 Å². The van der Waals surface area contributed by atoms with Crippen LogP contribution < -0.4 is 15.2 Å². The summed E-state index contributed by atoms with van der Waals surface area (Å²) in [5.74, 6) is 0.966. The molecule has 21 heavy (non-hydrogen) atoms. The minimum atomic E-state index is -2.82. The van der Waals surface area contributed by atoms with Crippen LogP contribution in [0.25, 0.3) is 0 Å². The molecule has 0 amide bonds. The monoisotopic (exact) mass is 291 g/mol. The van der Waals surface area contributed by atoms with E-state index < -0.39 is 6.61 Å². The molecule has 2 aromatic rings. The van der Waals surface area contributed by atoms with Crippen LogP contribution in [0.4, 0.5) is 8.78 Å². The zero-order valence-electron chi connectivity index (χ0n) is 11.3. The Kier molecular flexibility index (Phi) is 3.75. The first-order valence-corrected chi connectivity index (χ1v) is 6.70. The summed E-state index contributed by atoms with van der Waals surface area (Å²) in [6, 6.07) is 11.9. The fraction of sp³-hybridized carbons (Fsp3) is 0.250. The minimum Gasteiger partial charge on any atom is -0.493 e. The lowest BCUT2D eigenvalue weighted by Crippen LogP contribution is -2.13. The van der Waals surface area contributed by atoms with Gasteiger partial charge in [0, 0.05) is 12.0 Å². The number of alkyl halides is 2. The number of halogens is 2. The van der Waals surface area contributed by atoms with Gasteiger partial charge in [0.05, 0.1) is 12.6 Å². The van der Waals surface area contributed by atoms with Gasteiger partial charge in [-0.25, -0.2) is 0 Å². The van der Waals surface area contributed by atoms with Crippen LogP contribution in [0.5, 0.6) is 11.5 Å². The SMILES string of the molecule is NC(c1ccc(OC(F)F)cc1)c1cccc2c1OCC2. The number of rotatable bonds is 4. The summed E-state index contributed by atoms with van der Waals surface area (Å²) >= 11 is 0. The molecule has 0 fully saturated rings. The fourth-order valence-corrected chi connectivity index (χ4v) is 2.52. The largest absolute Gasteiger partial charge is 0.493 e. The van der Waals surface area contributed by atoms with E-state index >= 15 is 0 Å². The third-order valence-corrected chi connectivity index (χ3v) is 3.54. The zero-order chi connectivity index (χ0) is 14.8. The van der Waals surface area contributed by atoms with Gasteiger partial charge in [0.2, 0.25) is 0 Å². The van der Waals surface area contributed by atoms with Crippen molar-refractivity contribution in [1.29, 1.82) is 0 Å². The van der Waals surface area contributed by atoms with Crippen LogP contribution >= 0.6 is 0 Å². The molecule has 1 heterocycles. The molecule has 1 aliphatic heterocycles. The van der Waals surface area contributed by atoms with E-state index in [0.717, 1.165) is 28.9 Å². The van der Waals surface area contributed by atoms with Crippen molar-refractivity contribution in [3.8, 4) is 11.5 Å². The maximum Gasteiger partial charge on any atom is 0.387 e. The zero-order valence-corrected chi connectivity index (χ0v) is 11.3. The Balaban J connectivity index is 1.85. The predicted octanol–water partition coefficient (Wildman–Crippen LogP) is 3.27. The number of hydrogen-bond acceptors (Lipinski definition) is 3. The molecule has 3 nitrogen and oxygen atoms in total. The molecule has 5 heteroatoms. The normalized spacial score (nSPS) is 14.7. The molecule has 3 rings (SSSR count). The van der Waals surface area contributed by atoms with Crippen molar-refractivity contribution in [2.45, 2.75) is 19.1 Å². The van der Waals surface area contributed by atoms with Crippen LogP contribution in [-0.2, 0) is 6.42 Å². The fourth-order valence-electron chi connectivity index (χ4n) is 2.52. The predicted molar refractivity (Wildman–Crippen MR) is 74.7 cm³/mol. The van der Waals surface area contributed by atoms with Gasteiger partial charge >= 0.3 is 6.61 Å². The second-order valence-corrected chi connectivity index (χ2v) is 4.86. The van der Waals surface area contributed by atoms with Crippen molar-refractivity contribution in [1.82, 2.24) is 0 Å². The molecule has 0 radical (unpaired) electrons. The molecule has 0 spiro atoms. The summed E-state index contributed by atoms with van der Waals surface area (Å²) < 4.78 is 34.2. The Hall–Kier alpha value is -2.14. The van der Waals surface area contributed by atoms with E-state index in [1.807, 2.05) is 18.2 Å². The molecule has 0 aromatic heterocycles. The Bertz CT molecular complexity index is 629. The van der Waals surface area contributed by atoms with E-state index in [4.69, 9.17) is 10.5 Å². The van der Waals surface area contributed by atoms with Gasteiger partial charge in [-0.15, -0.1) is 0 Å². The number of para-hydroxylation sites is 1. The molecule has 1 aliphatic rings. The van der Waals surface area contributed by atoms with Crippen molar-refractivity contribution < 1.29 is 18.3 Å². The average Bonchev–Trinajstić information content (AvgIpc) is 2.95. The molecule has 0 aliphatic carbocycles. The van der Waals surface area contributed by atoms with E-state index in [1.165, 1.54) is 12.1 Å². The van der Waals surface area contributed by atoms with E-state index in [9.17, 15) is 8.78 Å². The van der Waals surface area contributed by atoms with Crippen molar-refractivity contribution in [3.05, 3.63) is 59.2 Å². The molecular formula is C16H15F2NO2. The number of ether oxygens (including phenoxy) is 2. The van der Waals surface area contributed by atoms with Gasteiger partial charge in [-0.2, -0.15) is 8.78 Å². The molecule has 0 saturated carbocycles. The third kappa shape index (κ3) is 2.83. The van der Waals surface area contributed by atoms with Crippen LogP contribution in [0, 0.1) is 0 Å². The standard InChI is InChI=1S/C16H15F2NO2/c17-16(18)21-12-6-4-10(5-7-12)14(19)13-3-1-2-11-8-9-20-15(11)13/h1-7,14,16H,8-9,19H2. The van der Waals surface area contributed by atoms with Crippen molar-refractivity contribution in [2.75, 3.05) is 6.61 Å². The summed E-state index contributed by atoms with van der Waals surface area (Å²) in [5.41, 5.74) is 9.15. The molecule has 0 bridgehead atoms. The second-order valence-electron chi connectivity index (χ2n) is 4.86. The number of hydrogen-bond donors (Lipinski definition) is 1. The van der Waals surface area contributed by atoms with E-state index in [1.54, 1.807) is 12.1 Å². The van der Waals surface area contributed by atoms with Crippen molar-refractivity contribution in [2.24, 2.45) is 5.73 Å². The number of benzene rings is 2. The quantitative estimate of drug-likeness (QED) is 0.940. The molecule has 1 atom stereocenters. The van der Waals surface area contributed by atoms with Gasteiger partial charge in [-0.05, 0) is 23.3 Å². The topological polar surface area (TPSA) is 44.5 Å². The maximum absolute atomic E-state index is 12.1. The Morgan fingerprint density at radius 3 is 2.57 bits per heavy atom. The first kappa shape index (κ1) is 13.8. The lowest BCUT2D eigenvalue weighted by atomic mass is 9.96. The molecule has 2 aromatic carbocycles. The first-order valence-electron chi connectivity index (χ1n) is 6.70. The summed E-state index contributed by atoms with van der Waals surface area (Å²) in [6.07, 6.45) is 0.886. The van der Waals surface area contributed by atoms with Gasteiger partial charge in [0.25, 0.3) is 0 Å². The highest BCUT2D eigenvalue weighted by atomic mass is 19.3. The smallest absolute Gasteiger partial charge is 0.387 e. The average molecular weight is 291 g/mol. The summed E-state index contributed by atoms with van der Waals surface area (Å²) in [5, 5.41) is 0. The van der Waals surface area contributed by atoms with E-state index in [0.29, 0.717) is 6.61 Å². The van der Waals surface area contributed by atoms with Gasteiger partial charge < -0.3 is 15.2 Å². The number of fused-ring (bicyclic) bond motifs is 1. The van der Waals surface area contributed by atoms with E-state index in [2.05, 4.69) is 4.74 Å². The molecule has 0 saturated heterocycles. The first-order chi connectivity index (χ1) is 10.1. The lowest BCUT2D eigenvalue weighted by Gasteiger charge is -2.16. The van der Waals surface area contributed by atoms with Gasteiger partial charge in [-0.3, -0.25) is 0 Å². The van der Waals surface area contributed by atoms with Gasteiger partial charge in [-0.1, -0.05) is 30.3 Å². The third-order valence-electron chi connectivity index (χ3n) is 3.54. The molecular weight excluding hydrogens is 276 g/mol. The molecule has 2 N–H and O–H groups in total. The lowest BCUT2D eigenvalue weighted by molar-refractivity contribution is -0.0498. The van der Waals surface area contributed by atoms with Crippen LogP contribution in [0.3, 0.4) is 0 Å². The Morgan fingerprint density at radius 1 is 1.10 bits per heavy atom. The van der Waals surface area contributed by atoms with Crippen molar-refractivity contribution >= 4 is 0 Å². The van der Waals surface area contributed by atoms with E-state index in [-0.39, 0.29) is 11.8 Å². The summed E-state index contributed by atoms with van der Waals surface area (Å²) in [4.78, 5) is 0. The molecule has 1 unspecified atom stereocenters.